The summed E-state index contributed by atoms with van der Waals surface area (Å²) in [4.78, 5) is 0.421. The van der Waals surface area contributed by atoms with Crippen LogP contribution in [0.4, 0.5) is 0 Å². The van der Waals surface area contributed by atoms with Crippen molar-refractivity contribution in [2.75, 3.05) is 13.1 Å². The molecule has 4 nitrogen and oxygen atoms in total. The lowest BCUT2D eigenvalue weighted by Crippen LogP contribution is -2.39. The molecule has 0 aromatic heterocycles. The number of hydrogen-bond donors (Lipinski definition) is 1. The summed E-state index contributed by atoms with van der Waals surface area (Å²) in [5, 5.41) is 3.52. The van der Waals surface area contributed by atoms with Gasteiger partial charge in [0.15, 0.2) is 0 Å². The molecule has 0 radical (unpaired) electrons. The van der Waals surface area contributed by atoms with Crippen molar-refractivity contribution in [2.45, 2.75) is 56.0 Å². The van der Waals surface area contributed by atoms with Gasteiger partial charge in [0.05, 0.1) is 4.90 Å². The van der Waals surface area contributed by atoms with Crippen molar-refractivity contribution >= 4 is 10.0 Å². The highest BCUT2D eigenvalue weighted by Crippen LogP contribution is 2.26. The van der Waals surface area contributed by atoms with Gasteiger partial charge in [-0.2, -0.15) is 4.31 Å². The van der Waals surface area contributed by atoms with Crippen LogP contribution in [0.5, 0.6) is 0 Å². The molecule has 1 aromatic carbocycles. The number of nitrogens with zero attached hydrogens (tertiary/aromatic N) is 1. The summed E-state index contributed by atoms with van der Waals surface area (Å²) in [5.41, 5.74) is 1.17. The number of benzene rings is 1. The first-order chi connectivity index (χ1) is 9.96. The summed E-state index contributed by atoms with van der Waals surface area (Å²) in [6.45, 7) is 5.45. The quantitative estimate of drug-likeness (QED) is 0.932. The highest BCUT2D eigenvalue weighted by Gasteiger charge is 2.34. The third-order valence-corrected chi connectivity index (χ3v) is 6.55. The number of hydrogen-bond acceptors (Lipinski definition) is 3. The summed E-state index contributed by atoms with van der Waals surface area (Å²) in [7, 11) is -3.36. The van der Waals surface area contributed by atoms with Crippen molar-refractivity contribution < 1.29 is 8.42 Å². The summed E-state index contributed by atoms with van der Waals surface area (Å²) >= 11 is 0. The maximum Gasteiger partial charge on any atom is 0.243 e. The van der Waals surface area contributed by atoms with Crippen LogP contribution in [0.3, 0.4) is 0 Å². The van der Waals surface area contributed by atoms with Crippen LogP contribution in [-0.4, -0.2) is 37.9 Å². The second-order valence-corrected chi connectivity index (χ2v) is 8.45. The van der Waals surface area contributed by atoms with E-state index in [9.17, 15) is 8.42 Å². The lowest BCUT2D eigenvalue weighted by molar-refractivity contribution is 0.383. The van der Waals surface area contributed by atoms with Crippen LogP contribution in [0, 0.1) is 0 Å². The molecule has 0 aliphatic carbocycles. The molecular formula is C16H24N2O2S. The predicted octanol–water partition coefficient (Wildman–Crippen LogP) is 2.33. The molecule has 0 spiro atoms. The Bertz CT molecular complexity index is 595. The molecular weight excluding hydrogens is 284 g/mol. The fourth-order valence-electron chi connectivity index (χ4n) is 3.30. The second kappa shape index (κ2) is 5.71. The van der Waals surface area contributed by atoms with Crippen molar-refractivity contribution in [3.63, 3.8) is 0 Å². The molecule has 2 aliphatic heterocycles. The molecule has 3 rings (SSSR count). The van der Waals surface area contributed by atoms with E-state index in [1.807, 2.05) is 12.1 Å². The Morgan fingerprint density at radius 1 is 1.10 bits per heavy atom. The van der Waals surface area contributed by atoms with Gasteiger partial charge in [0.2, 0.25) is 10.0 Å². The van der Waals surface area contributed by atoms with E-state index in [-0.39, 0.29) is 0 Å². The number of rotatable bonds is 3. The van der Waals surface area contributed by atoms with Gasteiger partial charge in [0.1, 0.15) is 0 Å². The number of nitrogens with one attached hydrogen (secondary N) is 1. The first kappa shape index (κ1) is 15.0. The van der Waals surface area contributed by atoms with Crippen LogP contribution >= 0.6 is 0 Å². The molecule has 2 unspecified atom stereocenters. The van der Waals surface area contributed by atoms with E-state index in [1.54, 1.807) is 16.4 Å². The summed E-state index contributed by atoms with van der Waals surface area (Å²) in [6, 6.07) is 8.18. The molecule has 116 valence electrons. The number of fused-ring (bicyclic) bond motifs is 2. The van der Waals surface area contributed by atoms with Crippen molar-refractivity contribution in [3.05, 3.63) is 29.8 Å². The standard InChI is InChI=1S/C16H24N2O2S/c1-12(2)13-3-7-16(8-4-13)21(19,20)18-10-9-14-5-6-15(11-18)17-14/h3-4,7-8,12,14-15,17H,5-6,9-11H2,1-2H3. The van der Waals surface area contributed by atoms with Crippen molar-refractivity contribution in [3.8, 4) is 0 Å². The van der Waals surface area contributed by atoms with Gasteiger partial charge in [-0.3, -0.25) is 0 Å². The topological polar surface area (TPSA) is 49.4 Å². The van der Waals surface area contributed by atoms with Gasteiger partial charge in [-0.1, -0.05) is 26.0 Å². The van der Waals surface area contributed by atoms with Crippen LogP contribution in [0.1, 0.15) is 44.6 Å². The Kier molecular flexibility index (Phi) is 4.08. The minimum absolute atomic E-state index is 0.321. The Hall–Kier alpha value is -0.910. The SMILES string of the molecule is CC(C)c1ccc(S(=O)(=O)N2CCC3CCC(C2)N3)cc1. The summed E-state index contributed by atoms with van der Waals surface area (Å²) in [5.74, 6) is 0.417. The molecule has 2 fully saturated rings. The Labute approximate surface area is 127 Å². The number of sulfonamides is 1. The van der Waals surface area contributed by atoms with Gasteiger partial charge in [-0.15, -0.1) is 0 Å². The summed E-state index contributed by atoms with van der Waals surface area (Å²) < 4.78 is 27.3. The normalized spacial score (nSPS) is 27.0. The molecule has 2 bridgehead atoms. The molecule has 2 saturated heterocycles. The smallest absolute Gasteiger partial charge is 0.243 e. The van der Waals surface area contributed by atoms with Crippen LogP contribution in [0.15, 0.2) is 29.2 Å². The van der Waals surface area contributed by atoms with Crippen LogP contribution in [-0.2, 0) is 10.0 Å². The van der Waals surface area contributed by atoms with Gasteiger partial charge in [-0.05, 0) is 42.9 Å². The van der Waals surface area contributed by atoms with E-state index in [0.29, 0.717) is 36.0 Å². The minimum Gasteiger partial charge on any atom is -0.310 e. The van der Waals surface area contributed by atoms with E-state index in [4.69, 9.17) is 0 Å². The minimum atomic E-state index is -3.36. The van der Waals surface area contributed by atoms with E-state index in [0.717, 1.165) is 12.8 Å². The largest absolute Gasteiger partial charge is 0.310 e. The Morgan fingerprint density at radius 3 is 2.43 bits per heavy atom. The third kappa shape index (κ3) is 3.00. The lowest BCUT2D eigenvalue weighted by atomic mass is 10.0. The molecule has 1 N–H and O–H groups in total. The van der Waals surface area contributed by atoms with Gasteiger partial charge < -0.3 is 5.32 Å². The highest BCUT2D eigenvalue weighted by atomic mass is 32.2. The monoisotopic (exact) mass is 308 g/mol. The average Bonchev–Trinajstić information content (AvgIpc) is 2.77. The zero-order valence-corrected chi connectivity index (χ0v) is 13.6. The van der Waals surface area contributed by atoms with E-state index >= 15 is 0 Å². The molecule has 2 heterocycles. The van der Waals surface area contributed by atoms with Gasteiger partial charge in [-0.25, -0.2) is 8.42 Å². The van der Waals surface area contributed by atoms with Crippen LogP contribution < -0.4 is 5.32 Å². The summed E-state index contributed by atoms with van der Waals surface area (Å²) in [6.07, 6.45) is 3.18. The van der Waals surface area contributed by atoms with Crippen molar-refractivity contribution in [1.82, 2.24) is 9.62 Å². The van der Waals surface area contributed by atoms with E-state index in [1.165, 1.54) is 12.0 Å². The van der Waals surface area contributed by atoms with E-state index in [2.05, 4.69) is 19.2 Å². The predicted molar refractivity (Wildman–Crippen MR) is 83.9 cm³/mol. The van der Waals surface area contributed by atoms with Crippen LogP contribution in [0.25, 0.3) is 0 Å². The van der Waals surface area contributed by atoms with Crippen molar-refractivity contribution in [2.24, 2.45) is 0 Å². The maximum atomic E-state index is 12.8. The van der Waals surface area contributed by atoms with Crippen molar-refractivity contribution in [1.29, 1.82) is 0 Å². The molecule has 2 atom stereocenters. The molecule has 21 heavy (non-hydrogen) atoms. The molecule has 5 heteroatoms. The molecule has 2 aliphatic rings. The first-order valence-electron chi connectivity index (χ1n) is 7.83. The average molecular weight is 308 g/mol. The van der Waals surface area contributed by atoms with Crippen LogP contribution in [0.2, 0.25) is 0 Å². The van der Waals surface area contributed by atoms with Gasteiger partial charge >= 0.3 is 0 Å². The zero-order valence-electron chi connectivity index (χ0n) is 12.7. The molecule has 0 amide bonds. The fraction of sp³-hybridized carbons (Fsp3) is 0.625. The highest BCUT2D eigenvalue weighted by molar-refractivity contribution is 7.89. The lowest BCUT2D eigenvalue weighted by Gasteiger charge is -2.23. The van der Waals surface area contributed by atoms with E-state index < -0.39 is 10.0 Å². The molecule has 0 saturated carbocycles. The third-order valence-electron chi connectivity index (χ3n) is 4.67. The van der Waals surface area contributed by atoms with Gasteiger partial charge in [0.25, 0.3) is 0 Å². The zero-order chi connectivity index (χ0) is 15.0. The Balaban J connectivity index is 1.82. The Morgan fingerprint density at radius 2 is 1.76 bits per heavy atom. The molecule has 1 aromatic rings. The second-order valence-electron chi connectivity index (χ2n) is 6.51. The van der Waals surface area contributed by atoms with Gasteiger partial charge in [0, 0.05) is 25.2 Å². The maximum absolute atomic E-state index is 12.8. The fourth-order valence-corrected chi connectivity index (χ4v) is 4.80. The first-order valence-corrected chi connectivity index (χ1v) is 9.27.